The van der Waals surface area contributed by atoms with E-state index in [1.54, 1.807) is 25.2 Å². The summed E-state index contributed by atoms with van der Waals surface area (Å²) in [6.45, 7) is 5.18. The lowest BCUT2D eigenvalue weighted by molar-refractivity contribution is -0.133. The minimum atomic E-state index is -0.687. The van der Waals surface area contributed by atoms with E-state index in [1.165, 1.54) is 4.90 Å². The van der Waals surface area contributed by atoms with Crippen LogP contribution in [0.4, 0.5) is 10.6 Å². The number of carboxylic acid groups (broad SMARTS) is 1. The van der Waals surface area contributed by atoms with Crippen molar-refractivity contribution in [3.8, 4) is 0 Å². The Balaban J connectivity index is 0.000000701. The predicted molar refractivity (Wildman–Crippen MR) is 90.3 cm³/mol. The van der Waals surface area contributed by atoms with Gasteiger partial charge in [-0.25, -0.2) is 4.79 Å². The topological polar surface area (TPSA) is 107 Å². The number of hydrogen-bond donors (Lipinski definition) is 1. The molecule has 3 heterocycles. The van der Waals surface area contributed by atoms with Crippen molar-refractivity contribution in [1.82, 2.24) is 20.0 Å². The molecule has 1 aromatic rings. The maximum atomic E-state index is 12.5. The molecular weight excluding hydrogens is 326 g/mol. The highest BCUT2D eigenvalue weighted by molar-refractivity contribution is 6.06. The second-order valence-corrected chi connectivity index (χ2v) is 6.31. The molecule has 136 valence electrons. The van der Waals surface area contributed by atoms with Crippen LogP contribution >= 0.6 is 0 Å². The van der Waals surface area contributed by atoms with Gasteiger partial charge in [-0.15, -0.1) is 5.10 Å². The van der Waals surface area contributed by atoms with E-state index in [2.05, 4.69) is 15.1 Å². The molecule has 0 aromatic carbocycles. The van der Waals surface area contributed by atoms with E-state index in [4.69, 9.17) is 9.90 Å². The second-order valence-electron chi connectivity index (χ2n) is 6.31. The number of nitrogens with zero attached hydrogens (tertiary/aromatic N) is 5. The van der Waals surface area contributed by atoms with Crippen LogP contribution in [0.3, 0.4) is 0 Å². The Morgan fingerprint density at radius 1 is 1.20 bits per heavy atom. The molecule has 0 saturated carbocycles. The first-order chi connectivity index (χ1) is 11.8. The lowest BCUT2D eigenvalue weighted by atomic mass is 9.86. The Morgan fingerprint density at radius 3 is 2.24 bits per heavy atom. The average Bonchev–Trinajstić information content (AvgIpc) is 2.75. The number of rotatable bonds is 1. The molecule has 3 rings (SSSR count). The van der Waals surface area contributed by atoms with Crippen LogP contribution in [-0.4, -0.2) is 76.2 Å². The highest BCUT2D eigenvalue weighted by Crippen LogP contribution is 2.36. The van der Waals surface area contributed by atoms with Gasteiger partial charge >= 0.3 is 6.03 Å². The van der Waals surface area contributed by atoms with E-state index in [9.17, 15) is 9.59 Å². The number of anilines is 1. The molecule has 25 heavy (non-hydrogen) atoms. The number of piperidine rings is 1. The van der Waals surface area contributed by atoms with Gasteiger partial charge < -0.3 is 14.9 Å². The Kier molecular flexibility index (Phi) is 5.24. The summed E-state index contributed by atoms with van der Waals surface area (Å²) in [5, 5.41) is 15.2. The fourth-order valence-electron chi connectivity index (χ4n) is 3.41. The number of imide groups is 1. The number of likely N-dealkylation sites (N-methyl/N-ethyl adjacent to an activating group) is 2. The molecule has 1 aromatic heterocycles. The van der Waals surface area contributed by atoms with Crippen molar-refractivity contribution >= 4 is 24.2 Å². The van der Waals surface area contributed by atoms with Crippen molar-refractivity contribution in [3.63, 3.8) is 0 Å². The first kappa shape index (κ1) is 18.6. The van der Waals surface area contributed by atoms with Crippen LogP contribution in [-0.2, 0) is 9.59 Å². The molecule has 1 spiro atoms. The fraction of sp³-hybridized carbons (Fsp3) is 0.562. The summed E-state index contributed by atoms with van der Waals surface area (Å²) in [7, 11) is 3.27. The van der Waals surface area contributed by atoms with E-state index < -0.39 is 5.54 Å². The van der Waals surface area contributed by atoms with Crippen molar-refractivity contribution in [2.24, 2.45) is 0 Å². The monoisotopic (exact) mass is 349 g/mol. The third-order valence-electron chi connectivity index (χ3n) is 5.14. The van der Waals surface area contributed by atoms with E-state index in [0.717, 1.165) is 16.9 Å². The van der Waals surface area contributed by atoms with Gasteiger partial charge in [0.05, 0.1) is 6.20 Å². The van der Waals surface area contributed by atoms with Crippen molar-refractivity contribution in [1.29, 1.82) is 0 Å². The summed E-state index contributed by atoms with van der Waals surface area (Å²) < 4.78 is 0. The zero-order chi connectivity index (χ0) is 18.8. The molecule has 0 unspecified atom stereocenters. The normalized spacial score (nSPS) is 19.1. The maximum Gasteiger partial charge on any atom is 0.327 e. The molecule has 2 saturated heterocycles. The number of amides is 3. The molecule has 2 aliphatic heterocycles. The summed E-state index contributed by atoms with van der Waals surface area (Å²) in [5.41, 5.74) is 1.53. The second kappa shape index (κ2) is 7.04. The average molecular weight is 349 g/mol. The van der Waals surface area contributed by atoms with Crippen LogP contribution in [0.2, 0.25) is 0 Å². The number of urea groups is 1. The van der Waals surface area contributed by atoms with Gasteiger partial charge in [0.1, 0.15) is 5.54 Å². The van der Waals surface area contributed by atoms with E-state index in [1.807, 2.05) is 13.8 Å². The summed E-state index contributed by atoms with van der Waals surface area (Å²) in [5.74, 6) is 0.786. The summed E-state index contributed by atoms with van der Waals surface area (Å²) in [6.07, 6.45) is 2.99. The zero-order valence-corrected chi connectivity index (χ0v) is 14.9. The third kappa shape index (κ3) is 3.01. The quantitative estimate of drug-likeness (QED) is 0.586. The molecule has 2 aliphatic rings. The first-order valence-electron chi connectivity index (χ1n) is 7.97. The Bertz CT molecular complexity index is 685. The Hall–Kier alpha value is -2.71. The van der Waals surface area contributed by atoms with Crippen LogP contribution in [0.15, 0.2) is 6.20 Å². The lowest BCUT2D eigenvalue weighted by Crippen LogP contribution is -2.55. The first-order valence-corrected chi connectivity index (χ1v) is 7.97. The van der Waals surface area contributed by atoms with Crippen LogP contribution in [0.5, 0.6) is 0 Å². The van der Waals surface area contributed by atoms with Gasteiger partial charge in [-0.3, -0.25) is 14.5 Å². The summed E-state index contributed by atoms with van der Waals surface area (Å²) in [4.78, 5) is 37.9. The van der Waals surface area contributed by atoms with Gasteiger partial charge in [0, 0.05) is 27.2 Å². The van der Waals surface area contributed by atoms with Crippen LogP contribution < -0.4 is 4.90 Å². The highest BCUT2D eigenvalue weighted by Gasteiger charge is 2.55. The summed E-state index contributed by atoms with van der Waals surface area (Å²) in [6, 6.07) is -0.218. The van der Waals surface area contributed by atoms with Gasteiger partial charge in [0.15, 0.2) is 5.82 Å². The van der Waals surface area contributed by atoms with Gasteiger partial charge in [0.2, 0.25) is 0 Å². The number of hydrogen-bond acceptors (Lipinski definition) is 6. The molecule has 1 N–H and O–H groups in total. The van der Waals surface area contributed by atoms with Crippen LogP contribution in [0, 0.1) is 13.8 Å². The van der Waals surface area contributed by atoms with Gasteiger partial charge in [-0.2, -0.15) is 5.10 Å². The van der Waals surface area contributed by atoms with Gasteiger partial charge in [0.25, 0.3) is 12.4 Å². The molecule has 0 bridgehead atoms. The zero-order valence-electron chi connectivity index (χ0n) is 14.9. The molecule has 2 fully saturated rings. The van der Waals surface area contributed by atoms with Gasteiger partial charge in [-0.05, 0) is 37.8 Å². The molecule has 0 atom stereocenters. The predicted octanol–water partition coefficient (Wildman–Crippen LogP) is 0.657. The maximum absolute atomic E-state index is 12.5. The standard InChI is InChI=1S/C15H21N5O2.CH2O2/c1-10-9-16-17-12(11(10)2)20-7-5-15(6-8-20)13(21)18(3)14(22)19(15)4;2-1-3/h9H,5-8H2,1-4H3;1H,(H,2,3). The van der Waals surface area contributed by atoms with Crippen LogP contribution in [0.1, 0.15) is 24.0 Å². The van der Waals surface area contributed by atoms with Crippen molar-refractivity contribution in [2.45, 2.75) is 32.2 Å². The number of carbonyl (C=O) groups is 3. The Morgan fingerprint density at radius 2 is 1.76 bits per heavy atom. The van der Waals surface area contributed by atoms with E-state index in [0.29, 0.717) is 25.9 Å². The molecule has 3 amide bonds. The van der Waals surface area contributed by atoms with Crippen LogP contribution in [0.25, 0.3) is 0 Å². The SMILES string of the molecule is Cc1cnnc(N2CCC3(CC2)C(=O)N(C)C(=O)N3C)c1C.O=CO. The molecule has 9 heteroatoms. The molecule has 9 nitrogen and oxygen atoms in total. The number of aromatic nitrogens is 2. The Labute approximate surface area is 146 Å². The summed E-state index contributed by atoms with van der Waals surface area (Å²) >= 11 is 0. The number of aryl methyl sites for hydroxylation is 1. The number of carbonyl (C=O) groups excluding carboxylic acids is 2. The third-order valence-corrected chi connectivity index (χ3v) is 5.14. The largest absolute Gasteiger partial charge is 0.483 e. The molecular formula is C16H23N5O4. The molecule has 0 aliphatic carbocycles. The minimum Gasteiger partial charge on any atom is -0.483 e. The smallest absolute Gasteiger partial charge is 0.327 e. The highest BCUT2D eigenvalue weighted by atomic mass is 16.3. The van der Waals surface area contributed by atoms with Crippen molar-refractivity contribution < 1.29 is 19.5 Å². The lowest BCUT2D eigenvalue weighted by Gasteiger charge is -2.41. The van der Waals surface area contributed by atoms with Crippen molar-refractivity contribution in [2.75, 3.05) is 32.1 Å². The van der Waals surface area contributed by atoms with E-state index >= 15 is 0 Å². The van der Waals surface area contributed by atoms with Crippen molar-refractivity contribution in [3.05, 3.63) is 17.3 Å². The molecule has 0 radical (unpaired) electrons. The fourth-order valence-corrected chi connectivity index (χ4v) is 3.41. The minimum absolute atomic E-state index is 0.0910. The van der Waals surface area contributed by atoms with Gasteiger partial charge in [-0.1, -0.05) is 0 Å². The van der Waals surface area contributed by atoms with E-state index in [-0.39, 0.29) is 18.4 Å².